The fraction of sp³-hybridized carbons (Fsp3) is 0.0909. The molecule has 0 radical (unpaired) electrons. The van der Waals surface area contributed by atoms with Gasteiger partial charge >= 0.3 is 0 Å². The van der Waals surface area contributed by atoms with Crippen molar-refractivity contribution in [1.29, 1.82) is 10.5 Å². The van der Waals surface area contributed by atoms with Crippen molar-refractivity contribution in [2.45, 2.75) is 6.54 Å². The molecule has 1 rings (SSSR count). The van der Waals surface area contributed by atoms with Gasteiger partial charge in [0.05, 0.1) is 18.7 Å². The Morgan fingerprint density at radius 3 is 2.53 bits per heavy atom. The molecule has 74 valence electrons. The first-order valence-electron chi connectivity index (χ1n) is 4.25. The minimum absolute atomic E-state index is 0.142. The molecular weight excluding hydrogens is 210 g/mol. The molecule has 0 aliphatic heterocycles. The normalized spacial score (nSPS) is 10.2. The first kappa shape index (κ1) is 11.1. The van der Waals surface area contributed by atoms with Crippen LogP contribution in [0.2, 0.25) is 0 Å². The number of hydrogen-bond acceptors (Lipinski definition) is 3. The molecule has 0 fully saturated rings. The van der Waals surface area contributed by atoms with Gasteiger partial charge in [0.15, 0.2) is 0 Å². The highest BCUT2D eigenvalue weighted by atomic mass is 35.5. The summed E-state index contributed by atoms with van der Waals surface area (Å²) in [7, 11) is 0. The van der Waals surface area contributed by atoms with Crippen molar-refractivity contribution in [3.63, 3.8) is 0 Å². The monoisotopic (exact) mass is 217 g/mol. The summed E-state index contributed by atoms with van der Waals surface area (Å²) in [5.74, 6) is 0. The van der Waals surface area contributed by atoms with Crippen LogP contribution in [-0.2, 0) is 6.54 Å². The van der Waals surface area contributed by atoms with Gasteiger partial charge in [-0.25, -0.2) is 0 Å². The van der Waals surface area contributed by atoms with E-state index < -0.39 is 0 Å². The average molecular weight is 218 g/mol. The van der Waals surface area contributed by atoms with Gasteiger partial charge in [-0.1, -0.05) is 30.3 Å². The summed E-state index contributed by atoms with van der Waals surface area (Å²) >= 11 is 5.85. The summed E-state index contributed by atoms with van der Waals surface area (Å²) < 4.78 is 1.22. The Hall–Kier alpha value is -1.97. The third-order valence-electron chi connectivity index (χ3n) is 1.74. The number of nitriles is 2. The number of halogens is 1. The summed E-state index contributed by atoms with van der Waals surface area (Å²) in [5, 5.41) is 17.1. The Morgan fingerprint density at radius 1 is 1.33 bits per heavy atom. The van der Waals surface area contributed by atoms with Gasteiger partial charge in [-0.15, -0.1) is 0 Å². The van der Waals surface area contributed by atoms with Crippen LogP contribution in [0.4, 0.5) is 0 Å². The summed E-state index contributed by atoms with van der Waals surface area (Å²) in [5.41, 5.74) is 1.12. The zero-order valence-electron chi connectivity index (χ0n) is 7.89. The van der Waals surface area contributed by atoms with E-state index in [1.807, 2.05) is 36.4 Å². The lowest BCUT2D eigenvalue weighted by Crippen LogP contribution is -2.09. The molecule has 0 heterocycles. The molecule has 0 saturated carbocycles. The number of rotatable bonds is 3. The summed E-state index contributed by atoms with van der Waals surface area (Å²) in [4.78, 5) is 0. The lowest BCUT2D eigenvalue weighted by Gasteiger charge is -2.12. The lowest BCUT2D eigenvalue weighted by atomic mass is 10.2. The molecule has 0 bridgehead atoms. The quantitative estimate of drug-likeness (QED) is 0.578. The second-order valence-corrected chi connectivity index (χ2v) is 3.18. The molecule has 15 heavy (non-hydrogen) atoms. The van der Waals surface area contributed by atoms with Gasteiger partial charge in [0.1, 0.15) is 11.8 Å². The molecule has 3 nitrogen and oxygen atoms in total. The molecule has 0 aromatic heterocycles. The Bertz CT molecular complexity index is 425. The standard InChI is InChI=1S/C11H8ClN3/c12-15(11(8-14)6-7-13)9-10-4-2-1-3-5-10/h1-6H,9H2/b11-6+. The van der Waals surface area contributed by atoms with E-state index in [2.05, 4.69) is 0 Å². The van der Waals surface area contributed by atoms with E-state index in [9.17, 15) is 0 Å². The van der Waals surface area contributed by atoms with Crippen LogP contribution in [0.25, 0.3) is 0 Å². The molecular formula is C11H8ClN3. The van der Waals surface area contributed by atoms with E-state index in [1.54, 1.807) is 6.07 Å². The molecule has 1 aromatic rings. The fourth-order valence-corrected chi connectivity index (χ4v) is 1.27. The molecule has 0 spiro atoms. The van der Waals surface area contributed by atoms with Gasteiger partial charge < -0.3 is 0 Å². The van der Waals surface area contributed by atoms with E-state index in [0.717, 1.165) is 11.6 Å². The second kappa shape index (κ2) is 5.70. The Morgan fingerprint density at radius 2 is 2.00 bits per heavy atom. The SMILES string of the molecule is N#C/C=C(\C#N)N(Cl)Cc1ccccc1. The van der Waals surface area contributed by atoms with E-state index >= 15 is 0 Å². The predicted molar refractivity (Wildman–Crippen MR) is 57.1 cm³/mol. The number of allylic oxidation sites excluding steroid dienone is 2. The van der Waals surface area contributed by atoms with Crippen LogP contribution >= 0.6 is 11.8 Å². The van der Waals surface area contributed by atoms with Gasteiger partial charge in [0.25, 0.3) is 0 Å². The summed E-state index contributed by atoms with van der Waals surface area (Å²) in [6.45, 7) is 0.392. The molecule has 0 N–H and O–H groups in total. The maximum atomic E-state index is 8.71. The van der Waals surface area contributed by atoms with Gasteiger partial charge in [-0.3, -0.25) is 4.42 Å². The van der Waals surface area contributed by atoms with Crippen LogP contribution in [0.15, 0.2) is 42.1 Å². The van der Waals surface area contributed by atoms with E-state index in [1.165, 1.54) is 4.42 Å². The van der Waals surface area contributed by atoms with Gasteiger partial charge in [0, 0.05) is 11.8 Å². The zero-order chi connectivity index (χ0) is 11.1. The van der Waals surface area contributed by atoms with Crippen LogP contribution in [0.1, 0.15) is 5.56 Å². The maximum absolute atomic E-state index is 8.71. The Balaban J connectivity index is 2.73. The van der Waals surface area contributed by atoms with Crippen molar-refractivity contribution >= 4 is 11.8 Å². The topological polar surface area (TPSA) is 50.8 Å². The van der Waals surface area contributed by atoms with Crippen molar-refractivity contribution in [3.8, 4) is 12.1 Å². The smallest absolute Gasteiger partial charge is 0.141 e. The van der Waals surface area contributed by atoms with E-state index in [0.29, 0.717) is 6.54 Å². The number of hydrogen-bond donors (Lipinski definition) is 0. The average Bonchev–Trinajstić information content (AvgIpc) is 2.27. The minimum Gasteiger partial charge on any atom is -0.270 e. The van der Waals surface area contributed by atoms with Crippen LogP contribution < -0.4 is 0 Å². The molecule has 0 atom stereocenters. The van der Waals surface area contributed by atoms with Gasteiger partial charge in [-0.05, 0) is 5.56 Å². The van der Waals surface area contributed by atoms with Crippen LogP contribution in [0.3, 0.4) is 0 Å². The van der Waals surface area contributed by atoms with Crippen molar-refractivity contribution in [2.75, 3.05) is 0 Å². The van der Waals surface area contributed by atoms with Gasteiger partial charge in [-0.2, -0.15) is 10.5 Å². The summed E-state index contributed by atoms with van der Waals surface area (Å²) in [6.07, 6.45) is 1.12. The highest BCUT2D eigenvalue weighted by Crippen LogP contribution is 2.12. The van der Waals surface area contributed by atoms with E-state index in [-0.39, 0.29) is 5.70 Å². The highest BCUT2D eigenvalue weighted by Gasteiger charge is 2.06. The van der Waals surface area contributed by atoms with Crippen LogP contribution in [0, 0.1) is 22.7 Å². The molecule has 0 amide bonds. The Kier molecular flexibility index (Phi) is 4.22. The molecule has 0 aliphatic carbocycles. The zero-order valence-corrected chi connectivity index (χ0v) is 8.65. The number of benzene rings is 1. The van der Waals surface area contributed by atoms with Crippen molar-refractivity contribution in [3.05, 3.63) is 47.7 Å². The predicted octanol–water partition coefficient (Wildman–Crippen LogP) is 2.57. The minimum atomic E-state index is 0.142. The van der Waals surface area contributed by atoms with E-state index in [4.69, 9.17) is 22.3 Å². The molecule has 0 saturated heterocycles. The number of nitrogens with zero attached hydrogens (tertiary/aromatic N) is 3. The first-order valence-corrected chi connectivity index (χ1v) is 4.59. The molecule has 0 unspecified atom stereocenters. The fourth-order valence-electron chi connectivity index (χ4n) is 1.05. The van der Waals surface area contributed by atoms with Crippen LogP contribution in [-0.4, -0.2) is 4.42 Å². The van der Waals surface area contributed by atoms with Gasteiger partial charge in [0.2, 0.25) is 0 Å². The summed E-state index contributed by atoms with van der Waals surface area (Å²) in [6, 6.07) is 13.1. The lowest BCUT2D eigenvalue weighted by molar-refractivity contribution is 0.571. The second-order valence-electron chi connectivity index (χ2n) is 2.78. The van der Waals surface area contributed by atoms with Crippen LogP contribution in [0.5, 0.6) is 0 Å². The molecule has 0 aliphatic rings. The maximum Gasteiger partial charge on any atom is 0.141 e. The first-order chi connectivity index (χ1) is 7.27. The van der Waals surface area contributed by atoms with Crippen molar-refractivity contribution in [2.24, 2.45) is 0 Å². The third kappa shape index (κ3) is 3.34. The van der Waals surface area contributed by atoms with Crippen molar-refractivity contribution in [1.82, 2.24) is 4.42 Å². The van der Waals surface area contributed by atoms with Crippen molar-refractivity contribution < 1.29 is 0 Å². The largest absolute Gasteiger partial charge is 0.270 e. The third-order valence-corrected chi connectivity index (χ3v) is 2.04. The highest BCUT2D eigenvalue weighted by molar-refractivity contribution is 6.14. The molecule has 1 aromatic carbocycles. The molecule has 4 heteroatoms. The Labute approximate surface area is 93.5 Å².